The van der Waals surface area contributed by atoms with E-state index in [9.17, 15) is 9.90 Å². The average Bonchev–Trinajstić information content (AvgIpc) is 3.30. The van der Waals surface area contributed by atoms with Crippen molar-refractivity contribution in [2.24, 2.45) is 52.3 Å². The maximum absolute atomic E-state index is 13.6. The summed E-state index contributed by atoms with van der Waals surface area (Å²) in [4.78, 5) is 13.6. The molecule has 5 saturated carbocycles. The molecule has 6 nitrogen and oxygen atoms in total. The summed E-state index contributed by atoms with van der Waals surface area (Å²) in [7, 11) is 1.85. The van der Waals surface area contributed by atoms with Crippen LogP contribution in [0.5, 0.6) is 0 Å². The molecule has 0 radical (unpaired) electrons. The van der Waals surface area contributed by atoms with Crippen LogP contribution >= 0.6 is 0 Å². The van der Waals surface area contributed by atoms with Gasteiger partial charge in [0.1, 0.15) is 6.07 Å². The number of aliphatic hydroxyl groups is 1. The Morgan fingerprint density at radius 3 is 2.79 bits per heavy atom. The summed E-state index contributed by atoms with van der Waals surface area (Å²) in [5.41, 5.74) is 0.108. The monoisotopic (exact) mass is 465 g/mol. The van der Waals surface area contributed by atoms with E-state index in [4.69, 9.17) is 10.00 Å². The first-order valence-electron chi connectivity index (χ1n) is 13.4. The third kappa shape index (κ3) is 3.19. The Morgan fingerprint density at radius 2 is 2.06 bits per heavy atom. The molecule has 0 bridgehead atoms. The molecule has 0 amide bonds. The van der Waals surface area contributed by atoms with Crippen LogP contribution in [-0.4, -0.2) is 40.0 Å². The highest BCUT2D eigenvalue weighted by molar-refractivity contribution is 5.83. The summed E-state index contributed by atoms with van der Waals surface area (Å²) >= 11 is 0. The topological polar surface area (TPSA) is 88.1 Å². The number of hydrogen-bond acceptors (Lipinski definition) is 5. The summed E-state index contributed by atoms with van der Waals surface area (Å²) in [5.74, 6) is 4.19. The van der Waals surface area contributed by atoms with Gasteiger partial charge in [0, 0.05) is 19.2 Å². The van der Waals surface area contributed by atoms with Gasteiger partial charge in [-0.15, -0.1) is 0 Å². The minimum Gasteiger partial charge on any atom is -0.390 e. The number of fused-ring (bicyclic) bond motifs is 7. The van der Waals surface area contributed by atoms with Gasteiger partial charge in [0.05, 0.1) is 18.8 Å². The molecule has 0 aliphatic heterocycles. The number of nitrogens with zero attached hydrogens (tertiary/aromatic N) is 3. The third-order valence-electron chi connectivity index (χ3n) is 11.3. The van der Waals surface area contributed by atoms with Crippen LogP contribution in [0.3, 0.4) is 0 Å². The van der Waals surface area contributed by atoms with E-state index in [2.05, 4.69) is 18.1 Å². The molecule has 1 N–H and O–H groups in total. The van der Waals surface area contributed by atoms with Crippen LogP contribution in [0.4, 0.5) is 0 Å². The summed E-state index contributed by atoms with van der Waals surface area (Å²) in [6.45, 7) is 5.55. The SMILES string of the molecule is COC[C@]12CC[C@@](C)(O)C[C@H]1CC[C@H]1[C@@H]3C4CC4[C@H](C(=O)Cn4ccc(C#N)n4)[C@@]3(C)CC[C@@H]12. The molecule has 0 saturated heterocycles. The van der Waals surface area contributed by atoms with Crippen molar-refractivity contribution in [3.8, 4) is 6.07 Å². The van der Waals surface area contributed by atoms with Gasteiger partial charge in [0.2, 0.25) is 0 Å². The molecule has 2 unspecified atom stereocenters. The number of rotatable bonds is 5. The van der Waals surface area contributed by atoms with Crippen LogP contribution in [0, 0.1) is 63.6 Å². The smallest absolute Gasteiger partial charge is 0.162 e. The lowest BCUT2D eigenvalue weighted by molar-refractivity contribution is -0.179. The number of aromatic nitrogens is 2. The number of hydrogen-bond donors (Lipinski definition) is 1. The van der Waals surface area contributed by atoms with E-state index in [0.29, 0.717) is 47.0 Å². The molecule has 10 atom stereocenters. The maximum atomic E-state index is 13.6. The van der Waals surface area contributed by atoms with E-state index in [1.165, 1.54) is 25.7 Å². The molecule has 6 rings (SSSR count). The quantitative estimate of drug-likeness (QED) is 0.704. The molecule has 5 aliphatic rings. The molecule has 34 heavy (non-hydrogen) atoms. The van der Waals surface area contributed by atoms with Crippen molar-refractivity contribution in [2.75, 3.05) is 13.7 Å². The Bertz CT molecular complexity index is 1030. The Kier molecular flexibility index (Phi) is 5.11. The predicted octanol–water partition coefficient (Wildman–Crippen LogP) is 4.22. The van der Waals surface area contributed by atoms with Gasteiger partial charge in [-0.2, -0.15) is 10.4 Å². The normalized spacial score (nSPS) is 48.7. The van der Waals surface area contributed by atoms with Crippen LogP contribution in [0.15, 0.2) is 12.3 Å². The predicted molar refractivity (Wildman–Crippen MR) is 126 cm³/mol. The summed E-state index contributed by atoms with van der Waals surface area (Å²) in [6, 6.07) is 3.75. The number of methoxy groups -OCH3 is 1. The molecule has 1 aromatic heterocycles. The second kappa shape index (κ2) is 7.64. The molecule has 1 aromatic rings. The largest absolute Gasteiger partial charge is 0.390 e. The van der Waals surface area contributed by atoms with E-state index >= 15 is 0 Å². The highest BCUT2D eigenvalue weighted by atomic mass is 16.5. The molecule has 5 aliphatic carbocycles. The van der Waals surface area contributed by atoms with Crippen molar-refractivity contribution in [2.45, 2.75) is 77.4 Å². The van der Waals surface area contributed by atoms with E-state index < -0.39 is 5.60 Å². The van der Waals surface area contributed by atoms with Gasteiger partial charge in [-0.05, 0) is 111 Å². The second-order valence-corrected chi connectivity index (χ2v) is 13.0. The lowest BCUT2D eigenvalue weighted by atomic mass is 9.43. The molecule has 5 fully saturated rings. The second-order valence-electron chi connectivity index (χ2n) is 13.0. The molecular weight excluding hydrogens is 426 g/mol. The van der Waals surface area contributed by atoms with Crippen LogP contribution < -0.4 is 0 Å². The Hall–Kier alpha value is -1.71. The Labute approximate surface area is 203 Å². The first-order valence-corrected chi connectivity index (χ1v) is 13.4. The molecule has 1 heterocycles. The van der Waals surface area contributed by atoms with E-state index in [1.54, 1.807) is 16.9 Å². The molecule has 0 spiro atoms. The number of ether oxygens (including phenoxy) is 1. The van der Waals surface area contributed by atoms with Crippen molar-refractivity contribution < 1.29 is 14.6 Å². The fourth-order valence-electron chi connectivity index (χ4n) is 10.1. The molecule has 184 valence electrons. The minimum absolute atomic E-state index is 0.0816. The number of carbonyl (C=O) groups is 1. The average molecular weight is 466 g/mol. The highest BCUT2D eigenvalue weighted by Gasteiger charge is 2.72. The Balaban J connectivity index is 1.27. The van der Waals surface area contributed by atoms with Gasteiger partial charge >= 0.3 is 0 Å². The van der Waals surface area contributed by atoms with Crippen molar-refractivity contribution in [1.82, 2.24) is 9.78 Å². The fraction of sp³-hybridized carbons (Fsp3) is 0.821. The third-order valence-corrected chi connectivity index (χ3v) is 11.3. The van der Waals surface area contributed by atoms with Crippen LogP contribution in [0.25, 0.3) is 0 Å². The zero-order valence-electron chi connectivity index (χ0n) is 20.9. The first-order chi connectivity index (χ1) is 16.2. The zero-order valence-corrected chi connectivity index (χ0v) is 20.9. The standard InChI is InChI=1S/C28H39N3O3/c1-26(33)9-10-28(16-34-3)17(13-26)4-5-19-22(28)6-8-27(2)24(19)20-12-21(20)25(27)23(32)15-31-11-7-18(14-29)30-31/h7,11,17,19-22,24-25,33H,4-6,8-10,12-13,15-16H2,1-3H3/t17-,19-,20?,21?,22+,24-,25-,26-,27+,28-/m1/s1. The molecule has 0 aromatic carbocycles. The number of nitriles is 1. The van der Waals surface area contributed by atoms with Crippen LogP contribution in [0.1, 0.15) is 70.9 Å². The fourth-order valence-corrected chi connectivity index (χ4v) is 10.1. The molecule has 6 heteroatoms. The summed E-state index contributed by atoms with van der Waals surface area (Å²) in [6.07, 6.45) is 10.6. The van der Waals surface area contributed by atoms with Crippen molar-refractivity contribution >= 4 is 5.78 Å². The van der Waals surface area contributed by atoms with E-state index in [-0.39, 0.29) is 23.3 Å². The minimum atomic E-state index is -0.539. The van der Waals surface area contributed by atoms with Crippen LogP contribution in [0.2, 0.25) is 0 Å². The number of ketones is 1. The van der Waals surface area contributed by atoms with Crippen molar-refractivity contribution in [3.63, 3.8) is 0 Å². The lowest BCUT2D eigenvalue weighted by Crippen LogP contribution is -2.59. The van der Waals surface area contributed by atoms with E-state index in [0.717, 1.165) is 32.3 Å². The van der Waals surface area contributed by atoms with E-state index in [1.807, 2.05) is 14.0 Å². The summed E-state index contributed by atoms with van der Waals surface area (Å²) in [5, 5.41) is 24.2. The van der Waals surface area contributed by atoms with Gasteiger partial charge in [-0.1, -0.05) is 6.92 Å². The van der Waals surface area contributed by atoms with Gasteiger partial charge in [-0.25, -0.2) is 0 Å². The lowest BCUT2D eigenvalue weighted by Gasteiger charge is -2.63. The zero-order chi connectivity index (χ0) is 23.9. The van der Waals surface area contributed by atoms with Crippen molar-refractivity contribution in [3.05, 3.63) is 18.0 Å². The molecular formula is C28H39N3O3. The van der Waals surface area contributed by atoms with Gasteiger partial charge in [0.25, 0.3) is 0 Å². The Morgan fingerprint density at radius 1 is 1.24 bits per heavy atom. The highest BCUT2D eigenvalue weighted by Crippen LogP contribution is 2.76. The number of carbonyl (C=O) groups excluding carboxylic acids is 1. The first kappa shape index (κ1) is 22.7. The maximum Gasteiger partial charge on any atom is 0.162 e. The van der Waals surface area contributed by atoms with Gasteiger partial charge in [-0.3, -0.25) is 9.48 Å². The van der Waals surface area contributed by atoms with Gasteiger partial charge < -0.3 is 9.84 Å². The van der Waals surface area contributed by atoms with Crippen LogP contribution in [-0.2, 0) is 16.1 Å². The summed E-state index contributed by atoms with van der Waals surface area (Å²) < 4.78 is 7.56. The van der Waals surface area contributed by atoms with Crippen molar-refractivity contribution in [1.29, 1.82) is 5.26 Å². The number of Topliss-reactive ketones (excluding diaryl/α,β-unsaturated/α-hetero) is 1. The van der Waals surface area contributed by atoms with Gasteiger partial charge in [0.15, 0.2) is 11.5 Å².